The first kappa shape index (κ1) is 11.0. The average Bonchev–Trinajstić information content (AvgIpc) is 2.17. The molecule has 1 aliphatic carbocycles. The number of hydrogen-bond donors (Lipinski definition) is 0. The first-order valence-corrected chi connectivity index (χ1v) is 3.76. The van der Waals surface area contributed by atoms with Crippen LogP contribution >= 0.6 is 0 Å². The third-order valence-electron chi connectivity index (χ3n) is 1.93. The number of alkyl halides is 1. The Morgan fingerprint density at radius 3 is 2.47 bits per heavy atom. The van der Waals surface area contributed by atoms with Crippen LogP contribution in [0.5, 0.6) is 0 Å². The molecule has 0 fully saturated rings. The van der Waals surface area contributed by atoms with Gasteiger partial charge in [-0.3, -0.25) is 20.2 Å². The second-order valence-corrected chi connectivity index (χ2v) is 2.83. The van der Waals surface area contributed by atoms with E-state index in [4.69, 9.17) is 0 Å². The molecule has 0 aliphatic heterocycles. The zero-order chi connectivity index (χ0) is 11.6. The molecule has 2 atom stereocenters. The molecule has 7 nitrogen and oxygen atoms in total. The SMILES string of the molecule is O=CC1C=CC([N+](=O)[O-])=CC1(F)[N+](=O)[O-]. The summed E-state index contributed by atoms with van der Waals surface area (Å²) in [6.45, 7) is 0. The van der Waals surface area contributed by atoms with E-state index in [1.807, 2.05) is 0 Å². The van der Waals surface area contributed by atoms with Crippen LogP contribution in [0, 0.1) is 26.1 Å². The number of aldehydes is 1. The molecule has 1 aliphatic rings. The molecule has 0 aromatic heterocycles. The van der Waals surface area contributed by atoms with E-state index in [1.165, 1.54) is 0 Å². The predicted octanol–water partition coefficient (Wildman–Crippen LogP) is 0.474. The molecule has 0 saturated carbocycles. The van der Waals surface area contributed by atoms with Gasteiger partial charge in [-0.15, -0.1) is 0 Å². The van der Waals surface area contributed by atoms with E-state index < -0.39 is 27.3 Å². The topological polar surface area (TPSA) is 103 Å². The molecule has 80 valence electrons. The highest BCUT2D eigenvalue weighted by Gasteiger charge is 2.52. The Morgan fingerprint density at radius 2 is 2.07 bits per heavy atom. The van der Waals surface area contributed by atoms with Gasteiger partial charge in [0.1, 0.15) is 18.3 Å². The molecule has 0 amide bonds. The Labute approximate surface area is 82.2 Å². The molecule has 0 radical (unpaired) electrons. The predicted molar refractivity (Wildman–Crippen MR) is 44.6 cm³/mol. The largest absolute Gasteiger partial charge is 0.397 e. The highest BCUT2D eigenvalue weighted by molar-refractivity contribution is 5.60. The minimum atomic E-state index is -3.24. The lowest BCUT2D eigenvalue weighted by atomic mass is 9.93. The number of hydrogen-bond acceptors (Lipinski definition) is 5. The standard InChI is InChI=1S/C7H5FN2O5/c8-7(10(14)15)3-6(9(12)13)2-1-5(7)4-11/h1-5H. The summed E-state index contributed by atoms with van der Waals surface area (Å²) in [5, 5.41) is 20.7. The van der Waals surface area contributed by atoms with Gasteiger partial charge in [0, 0.05) is 6.08 Å². The van der Waals surface area contributed by atoms with Crippen molar-refractivity contribution in [2.75, 3.05) is 0 Å². The minimum absolute atomic E-state index is 0.0343. The smallest absolute Gasteiger partial charge is 0.302 e. The fourth-order valence-corrected chi connectivity index (χ4v) is 1.12. The first-order valence-electron chi connectivity index (χ1n) is 3.76. The van der Waals surface area contributed by atoms with Crippen molar-refractivity contribution in [2.24, 2.45) is 5.92 Å². The molecule has 0 bridgehead atoms. The van der Waals surface area contributed by atoms with E-state index in [9.17, 15) is 29.4 Å². The van der Waals surface area contributed by atoms with Crippen molar-refractivity contribution in [1.82, 2.24) is 0 Å². The highest BCUT2D eigenvalue weighted by atomic mass is 19.1. The lowest BCUT2D eigenvalue weighted by Crippen LogP contribution is -2.41. The van der Waals surface area contributed by atoms with E-state index in [-0.39, 0.29) is 12.4 Å². The van der Waals surface area contributed by atoms with Gasteiger partial charge in [0.25, 0.3) is 5.70 Å². The van der Waals surface area contributed by atoms with Crippen molar-refractivity contribution in [3.05, 3.63) is 44.2 Å². The summed E-state index contributed by atoms with van der Waals surface area (Å²) in [5.74, 6) is -4.88. The number of carbonyl (C=O) groups is 1. The van der Waals surface area contributed by atoms with Crippen LogP contribution in [0.1, 0.15) is 0 Å². The highest BCUT2D eigenvalue weighted by Crippen LogP contribution is 2.30. The van der Waals surface area contributed by atoms with Crippen molar-refractivity contribution in [3.8, 4) is 0 Å². The molecule has 1 rings (SSSR count). The first-order chi connectivity index (χ1) is 6.91. The number of allylic oxidation sites excluding steroid dienone is 1. The van der Waals surface area contributed by atoms with Crippen LogP contribution in [0.3, 0.4) is 0 Å². The Kier molecular flexibility index (Phi) is 2.60. The van der Waals surface area contributed by atoms with Crippen LogP contribution in [-0.4, -0.2) is 21.9 Å². The summed E-state index contributed by atoms with van der Waals surface area (Å²) < 4.78 is 13.6. The Bertz CT molecular complexity index is 391. The molecule has 0 saturated heterocycles. The maximum absolute atomic E-state index is 13.6. The maximum atomic E-state index is 13.6. The molecule has 0 aromatic rings. The summed E-state index contributed by atoms with van der Waals surface area (Å²) >= 11 is 0. The fourth-order valence-electron chi connectivity index (χ4n) is 1.12. The van der Waals surface area contributed by atoms with Gasteiger partial charge < -0.3 is 4.79 Å². The summed E-state index contributed by atoms with van der Waals surface area (Å²) in [4.78, 5) is 28.7. The number of halogens is 1. The van der Waals surface area contributed by atoms with Crippen LogP contribution in [0.4, 0.5) is 4.39 Å². The molecule has 0 aromatic carbocycles. The van der Waals surface area contributed by atoms with Crippen molar-refractivity contribution in [3.63, 3.8) is 0 Å². The van der Waals surface area contributed by atoms with E-state index in [2.05, 4.69) is 0 Å². The average molecular weight is 216 g/mol. The van der Waals surface area contributed by atoms with E-state index in [0.717, 1.165) is 12.2 Å². The van der Waals surface area contributed by atoms with Crippen LogP contribution in [0.25, 0.3) is 0 Å². The zero-order valence-electron chi connectivity index (χ0n) is 7.20. The molecule has 2 unspecified atom stereocenters. The van der Waals surface area contributed by atoms with Crippen LogP contribution in [-0.2, 0) is 4.79 Å². The summed E-state index contributed by atoms with van der Waals surface area (Å²) in [7, 11) is 0. The van der Waals surface area contributed by atoms with Gasteiger partial charge in [0.05, 0.1) is 9.85 Å². The Hall–Kier alpha value is -2.12. The van der Waals surface area contributed by atoms with Crippen molar-refractivity contribution < 1.29 is 19.0 Å². The van der Waals surface area contributed by atoms with Crippen LogP contribution in [0.2, 0.25) is 0 Å². The normalized spacial score (nSPS) is 29.4. The monoisotopic (exact) mass is 216 g/mol. The van der Waals surface area contributed by atoms with Gasteiger partial charge in [0.2, 0.25) is 0 Å². The minimum Gasteiger partial charge on any atom is -0.302 e. The van der Waals surface area contributed by atoms with E-state index >= 15 is 0 Å². The molecule has 8 heteroatoms. The molecule has 0 N–H and O–H groups in total. The van der Waals surface area contributed by atoms with E-state index in [1.54, 1.807) is 0 Å². The molecular weight excluding hydrogens is 211 g/mol. The molecular formula is C7H5FN2O5. The molecule has 0 heterocycles. The second-order valence-electron chi connectivity index (χ2n) is 2.83. The van der Waals surface area contributed by atoms with E-state index in [0.29, 0.717) is 0 Å². The Morgan fingerprint density at radius 1 is 1.47 bits per heavy atom. The Balaban J connectivity index is 3.21. The van der Waals surface area contributed by atoms with Crippen LogP contribution < -0.4 is 0 Å². The van der Waals surface area contributed by atoms with Gasteiger partial charge in [-0.2, -0.15) is 4.39 Å². The maximum Gasteiger partial charge on any atom is 0.397 e. The number of carbonyl (C=O) groups excluding carboxylic acids is 1. The van der Waals surface area contributed by atoms with Crippen molar-refractivity contribution in [2.45, 2.75) is 5.79 Å². The van der Waals surface area contributed by atoms with Crippen molar-refractivity contribution in [1.29, 1.82) is 0 Å². The summed E-state index contributed by atoms with van der Waals surface area (Å²) in [6, 6.07) is 0. The fraction of sp³-hybridized carbons (Fsp3) is 0.286. The number of nitrogens with zero attached hydrogens (tertiary/aromatic N) is 2. The molecule has 15 heavy (non-hydrogen) atoms. The zero-order valence-corrected chi connectivity index (χ0v) is 7.20. The lowest BCUT2D eigenvalue weighted by molar-refractivity contribution is -0.596. The van der Waals surface area contributed by atoms with Gasteiger partial charge in [-0.05, 0) is 0 Å². The number of rotatable bonds is 3. The van der Waals surface area contributed by atoms with Crippen molar-refractivity contribution >= 4 is 6.29 Å². The number of nitro groups is 2. The van der Waals surface area contributed by atoms with Crippen LogP contribution in [0.15, 0.2) is 23.9 Å². The summed E-state index contributed by atoms with van der Waals surface area (Å²) in [5.41, 5.74) is -0.743. The third kappa shape index (κ3) is 1.73. The second kappa shape index (κ2) is 3.56. The lowest BCUT2D eigenvalue weighted by Gasteiger charge is -2.18. The van der Waals surface area contributed by atoms with Gasteiger partial charge in [0.15, 0.2) is 0 Å². The van der Waals surface area contributed by atoms with Gasteiger partial charge in [-0.1, -0.05) is 6.08 Å². The molecule has 0 spiro atoms. The quantitative estimate of drug-likeness (QED) is 0.295. The van der Waals surface area contributed by atoms with Gasteiger partial charge in [-0.25, -0.2) is 0 Å². The third-order valence-corrected chi connectivity index (χ3v) is 1.93. The van der Waals surface area contributed by atoms with Gasteiger partial charge >= 0.3 is 5.79 Å². The summed E-state index contributed by atoms with van der Waals surface area (Å²) in [6.07, 6.45) is 1.92.